The zero-order chi connectivity index (χ0) is 12.4. The highest BCUT2D eigenvalue weighted by Gasteiger charge is 2.27. The summed E-state index contributed by atoms with van der Waals surface area (Å²) in [5.74, 6) is 3.37. The van der Waals surface area contributed by atoms with E-state index < -0.39 is 0 Å². The SMILES string of the molecule is CNC1CSCC1Cc1c(C)cc(C)cc1C. The molecule has 94 valence electrons. The van der Waals surface area contributed by atoms with Gasteiger partial charge in [0.25, 0.3) is 0 Å². The van der Waals surface area contributed by atoms with Gasteiger partial charge in [0, 0.05) is 11.8 Å². The van der Waals surface area contributed by atoms with Gasteiger partial charge in [0.15, 0.2) is 0 Å². The second-order valence-corrected chi connectivity index (χ2v) is 6.35. The van der Waals surface area contributed by atoms with E-state index in [1.54, 1.807) is 5.56 Å². The first-order valence-corrected chi connectivity index (χ1v) is 7.59. The van der Waals surface area contributed by atoms with Gasteiger partial charge in [0.2, 0.25) is 0 Å². The number of thioether (sulfide) groups is 1. The third-order valence-electron chi connectivity index (χ3n) is 3.88. The molecule has 2 atom stereocenters. The quantitative estimate of drug-likeness (QED) is 0.883. The van der Waals surface area contributed by atoms with Gasteiger partial charge in [-0.1, -0.05) is 17.7 Å². The summed E-state index contributed by atoms with van der Waals surface area (Å²) in [6.07, 6.45) is 1.23. The zero-order valence-corrected chi connectivity index (χ0v) is 12.2. The molecule has 0 aliphatic carbocycles. The molecule has 0 aromatic heterocycles. The minimum absolute atomic E-state index is 0.695. The molecule has 17 heavy (non-hydrogen) atoms. The van der Waals surface area contributed by atoms with Crippen LogP contribution in [0.5, 0.6) is 0 Å². The number of hydrogen-bond acceptors (Lipinski definition) is 2. The van der Waals surface area contributed by atoms with Crippen LogP contribution >= 0.6 is 11.8 Å². The van der Waals surface area contributed by atoms with Crippen molar-refractivity contribution in [3.05, 3.63) is 34.4 Å². The van der Waals surface area contributed by atoms with Gasteiger partial charge in [-0.2, -0.15) is 11.8 Å². The summed E-state index contributed by atoms with van der Waals surface area (Å²) >= 11 is 2.09. The lowest BCUT2D eigenvalue weighted by atomic mass is 9.89. The lowest BCUT2D eigenvalue weighted by molar-refractivity contribution is 0.452. The molecule has 2 rings (SSSR count). The third kappa shape index (κ3) is 2.86. The Morgan fingerprint density at radius 1 is 1.18 bits per heavy atom. The minimum Gasteiger partial charge on any atom is -0.316 e. The molecule has 1 saturated heterocycles. The van der Waals surface area contributed by atoms with Crippen LogP contribution in [-0.4, -0.2) is 24.6 Å². The van der Waals surface area contributed by atoms with Crippen molar-refractivity contribution in [3.63, 3.8) is 0 Å². The predicted molar refractivity (Wildman–Crippen MR) is 78.0 cm³/mol. The topological polar surface area (TPSA) is 12.0 Å². The number of benzene rings is 1. The molecular formula is C15H23NS. The number of aryl methyl sites for hydroxylation is 3. The van der Waals surface area contributed by atoms with Crippen molar-refractivity contribution in [2.24, 2.45) is 5.92 Å². The van der Waals surface area contributed by atoms with Crippen molar-refractivity contribution < 1.29 is 0 Å². The molecule has 1 aromatic rings. The molecule has 1 fully saturated rings. The van der Waals surface area contributed by atoms with Crippen LogP contribution < -0.4 is 5.32 Å². The molecule has 1 aromatic carbocycles. The maximum Gasteiger partial charge on any atom is 0.0194 e. The average Bonchev–Trinajstić information content (AvgIpc) is 2.70. The summed E-state index contributed by atoms with van der Waals surface area (Å²) < 4.78 is 0. The minimum atomic E-state index is 0.695. The van der Waals surface area contributed by atoms with Crippen LogP contribution in [-0.2, 0) is 6.42 Å². The summed E-state index contributed by atoms with van der Waals surface area (Å²) in [6.45, 7) is 6.70. The van der Waals surface area contributed by atoms with Crippen LogP contribution in [0.4, 0.5) is 0 Å². The maximum absolute atomic E-state index is 3.46. The smallest absolute Gasteiger partial charge is 0.0194 e. The Balaban J connectivity index is 2.18. The molecule has 0 amide bonds. The normalized spacial score (nSPS) is 24.2. The monoisotopic (exact) mass is 249 g/mol. The lowest BCUT2D eigenvalue weighted by Gasteiger charge is -2.20. The summed E-state index contributed by atoms with van der Waals surface area (Å²) in [5, 5.41) is 3.46. The fraction of sp³-hybridized carbons (Fsp3) is 0.600. The van der Waals surface area contributed by atoms with Crippen molar-refractivity contribution in [2.45, 2.75) is 33.2 Å². The first kappa shape index (κ1) is 13.0. The van der Waals surface area contributed by atoms with E-state index in [-0.39, 0.29) is 0 Å². The molecule has 0 saturated carbocycles. The van der Waals surface area contributed by atoms with E-state index >= 15 is 0 Å². The Morgan fingerprint density at radius 3 is 2.41 bits per heavy atom. The van der Waals surface area contributed by atoms with E-state index in [0.29, 0.717) is 6.04 Å². The third-order valence-corrected chi connectivity index (χ3v) is 5.13. The molecule has 2 unspecified atom stereocenters. The van der Waals surface area contributed by atoms with Gasteiger partial charge in [-0.05, 0) is 62.6 Å². The van der Waals surface area contributed by atoms with E-state index in [1.807, 2.05) is 0 Å². The molecule has 0 radical (unpaired) electrons. The van der Waals surface area contributed by atoms with Gasteiger partial charge in [0.05, 0.1) is 0 Å². The van der Waals surface area contributed by atoms with Gasteiger partial charge in [0.1, 0.15) is 0 Å². The highest BCUT2D eigenvalue weighted by Crippen LogP contribution is 2.29. The number of hydrogen-bond donors (Lipinski definition) is 1. The second-order valence-electron chi connectivity index (χ2n) is 5.27. The van der Waals surface area contributed by atoms with Gasteiger partial charge >= 0.3 is 0 Å². The number of rotatable bonds is 3. The van der Waals surface area contributed by atoms with E-state index in [4.69, 9.17) is 0 Å². The molecule has 2 heteroatoms. The molecule has 0 spiro atoms. The Kier molecular flexibility index (Phi) is 4.16. The molecule has 1 aliphatic heterocycles. The molecule has 1 N–H and O–H groups in total. The Bertz CT molecular complexity index is 377. The Labute approximate surface area is 109 Å². The molecule has 0 bridgehead atoms. The van der Waals surface area contributed by atoms with Crippen molar-refractivity contribution in [3.8, 4) is 0 Å². The van der Waals surface area contributed by atoms with Crippen molar-refractivity contribution in [2.75, 3.05) is 18.6 Å². The Hall–Kier alpha value is -0.470. The zero-order valence-electron chi connectivity index (χ0n) is 11.3. The average molecular weight is 249 g/mol. The summed E-state index contributed by atoms with van der Waals surface area (Å²) in [7, 11) is 2.10. The molecular weight excluding hydrogens is 226 g/mol. The van der Waals surface area contributed by atoms with Crippen LogP contribution in [0.1, 0.15) is 22.3 Å². The maximum atomic E-state index is 3.46. The summed E-state index contributed by atoms with van der Waals surface area (Å²) in [6, 6.07) is 5.33. The molecule has 1 heterocycles. The molecule has 1 nitrogen and oxygen atoms in total. The second kappa shape index (κ2) is 5.45. The predicted octanol–water partition coefficient (Wildman–Crippen LogP) is 3.11. The van der Waals surface area contributed by atoms with Gasteiger partial charge in [-0.25, -0.2) is 0 Å². The van der Waals surface area contributed by atoms with Crippen LogP contribution in [0.25, 0.3) is 0 Å². The van der Waals surface area contributed by atoms with E-state index in [0.717, 1.165) is 5.92 Å². The fourth-order valence-electron chi connectivity index (χ4n) is 2.91. The summed E-state index contributed by atoms with van der Waals surface area (Å²) in [5.41, 5.74) is 5.89. The standard InChI is InChI=1S/C15H23NS/c1-10-5-11(2)14(12(3)6-10)7-13-8-17-9-15(13)16-4/h5-6,13,15-16H,7-9H2,1-4H3. The Morgan fingerprint density at radius 2 is 1.82 bits per heavy atom. The van der Waals surface area contributed by atoms with E-state index in [1.165, 1.54) is 34.6 Å². The van der Waals surface area contributed by atoms with Gasteiger partial charge in [-0.15, -0.1) is 0 Å². The fourth-order valence-corrected chi connectivity index (χ4v) is 4.39. The van der Waals surface area contributed by atoms with Gasteiger partial charge < -0.3 is 5.32 Å². The van der Waals surface area contributed by atoms with Crippen LogP contribution in [0, 0.1) is 26.7 Å². The van der Waals surface area contributed by atoms with E-state index in [2.05, 4.69) is 57.0 Å². The van der Waals surface area contributed by atoms with Crippen molar-refractivity contribution >= 4 is 11.8 Å². The number of nitrogens with one attached hydrogen (secondary N) is 1. The van der Waals surface area contributed by atoms with Crippen molar-refractivity contribution in [1.29, 1.82) is 0 Å². The lowest BCUT2D eigenvalue weighted by Crippen LogP contribution is -2.33. The highest BCUT2D eigenvalue weighted by molar-refractivity contribution is 7.99. The van der Waals surface area contributed by atoms with Crippen molar-refractivity contribution in [1.82, 2.24) is 5.32 Å². The summed E-state index contributed by atoms with van der Waals surface area (Å²) in [4.78, 5) is 0. The largest absolute Gasteiger partial charge is 0.316 e. The van der Waals surface area contributed by atoms with Crippen LogP contribution in [0.15, 0.2) is 12.1 Å². The first-order valence-electron chi connectivity index (χ1n) is 6.43. The highest BCUT2D eigenvalue weighted by atomic mass is 32.2. The van der Waals surface area contributed by atoms with Gasteiger partial charge in [-0.3, -0.25) is 0 Å². The van der Waals surface area contributed by atoms with Crippen LogP contribution in [0.2, 0.25) is 0 Å². The van der Waals surface area contributed by atoms with E-state index in [9.17, 15) is 0 Å². The molecule has 1 aliphatic rings. The van der Waals surface area contributed by atoms with Crippen LogP contribution in [0.3, 0.4) is 0 Å². The first-order chi connectivity index (χ1) is 8.11.